The van der Waals surface area contributed by atoms with Gasteiger partial charge in [-0.1, -0.05) is 17.7 Å². The molecule has 6 nitrogen and oxygen atoms in total. The van der Waals surface area contributed by atoms with Crippen LogP contribution in [0, 0.1) is 6.92 Å². The summed E-state index contributed by atoms with van der Waals surface area (Å²) in [4.78, 5) is 17.0. The highest BCUT2D eigenvalue weighted by Crippen LogP contribution is 2.28. The number of ether oxygens (including phenoxy) is 1. The Hall–Kier alpha value is -1.34. The maximum atomic E-state index is 12.7. The summed E-state index contributed by atoms with van der Waals surface area (Å²) in [5.41, 5.74) is 7.73. The van der Waals surface area contributed by atoms with Crippen molar-refractivity contribution < 1.29 is 14.6 Å². The molecule has 3 rings (SSSR count). The fourth-order valence-electron chi connectivity index (χ4n) is 3.86. The van der Waals surface area contributed by atoms with E-state index in [9.17, 15) is 9.90 Å². The van der Waals surface area contributed by atoms with Gasteiger partial charge in [0.2, 0.25) is 5.91 Å². The third kappa shape index (κ3) is 4.49. The molecule has 0 aliphatic carbocycles. The molecule has 0 unspecified atom stereocenters. The van der Waals surface area contributed by atoms with Crippen LogP contribution < -0.4 is 5.73 Å². The Labute approximate surface area is 159 Å². The second-order valence-electron chi connectivity index (χ2n) is 7.26. The zero-order valence-electron chi connectivity index (χ0n) is 15.3. The standard InChI is InChI=1S/C19H28ClN3O3/c1-13-10-14(11-16(20)18(13)24)12-17(21)19(25)23-6-4-22(5-7-23)15-2-8-26-9-3-15/h10-11,15,17,24H,2-9,12,21H2,1H3/t17-/m1/s1. The van der Waals surface area contributed by atoms with Crippen LogP contribution in [0.1, 0.15) is 24.0 Å². The Kier molecular flexibility index (Phi) is 6.40. The summed E-state index contributed by atoms with van der Waals surface area (Å²) in [6, 6.07) is 3.50. The number of benzene rings is 1. The lowest BCUT2D eigenvalue weighted by atomic mass is 10.0. The molecule has 144 valence electrons. The van der Waals surface area contributed by atoms with Crippen molar-refractivity contribution in [1.82, 2.24) is 9.80 Å². The molecule has 26 heavy (non-hydrogen) atoms. The summed E-state index contributed by atoms with van der Waals surface area (Å²) in [6.07, 6.45) is 2.57. The van der Waals surface area contributed by atoms with Crippen LogP contribution in [-0.4, -0.2) is 72.3 Å². The van der Waals surface area contributed by atoms with Gasteiger partial charge in [0.05, 0.1) is 11.1 Å². The highest BCUT2D eigenvalue weighted by Gasteiger charge is 2.29. The fourth-order valence-corrected chi connectivity index (χ4v) is 4.15. The molecule has 0 spiro atoms. The predicted molar refractivity (Wildman–Crippen MR) is 102 cm³/mol. The number of amides is 1. The quantitative estimate of drug-likeness (QED) is 0.827. The van der Waals surface area contributed by atoms with Crippen molar-refractivity contribution in [3.8, 4) is 5.75 Å². The van der Waals surface area contributed by atoms with Crippen LogP contribution in [-0.2, 0) is 16.0 Å². The second kappa shape index (κ2) is 8.57. The Bertz CT molecular complexity index is 618. The first kappa shape index (κ1) is 19.4. The monoisotopic (exact) mass is 381 g/mol. The number of carbonyl (C=O) groups excluding carboxylic acids is 1. The third-order valence-corrected chi connectivity index (χ3v) is 5.71. The van der Waals surface area contributed by atoms with Crippen LogP contribution in [0.4, 0.5) is 0 Å². The van der Waals surface area contributed by atoms with Crippen molar-refractivity contribution in [3.05, 3.63) is 28.3 Å². The molecular formula is C19H28ClN3O3. The van der Waals surface area contributed by atoms with E-state index in [1.54, 1.807) is 13.0 Å². The number of piperazine rings is 1. The molecule has 2 fully saturated rings. The first-order valence-electron chi connectivity index (χ1n) is 9.30. The zero-order valence-corrected chi connectivity index (χ0v) is 16.0. The molecule has 1 aromatic carbocycles. The van der Waals surface area contributed by atoms with Crippen molar-refractivity contribution >= 4 is 17.5 Å². The third-order valence-electron chi connectivity index (χ3n) is 5.42. The van der Waals surface area contributed by atoms with Gasteiger partial charge in [0.15, 0.2) is 0 Å². The number of rotatable bonds is 4. The largest absolute Gasteiger partial charge is 0.506 e. The molecular weight excluding hydrogens is 354 g/mol. The molecule has 2 heterocycles. The van der Waals surface area contributed by atoms with Crippen LogP contribution in [0.3, 0.4) is 0 Å². The number of carbonyl (C=O) groups is 1. The SMILES string of the molecule is Cc1cc(C[C@@H](N)C(=O)N2CCN(C3CCOCC3)CC2)cc(Cl)c1O. The Balaban J connectivity index is 1.53. The van der Waals surface area contributed by atoms with Crippen LogP contribution in [0.2, 0.25) is 5.02 Å². The van der Waals surface area contributed by atoms with Gasteiger partial charge in [-0.25, -0.2) is 0 Å². The lowest BCUT2D eigenvalue weighted by Gasteiger charge is -2.41. The molecule has 3 N–H and O–H groups in total. The molecule has 1 aromatic rings. The van der Waals surface area contributed by atoms with Gasteiger partial charge in [0.25, 0.3) is 0 Å². The number of hydrogen-bond donors (Lipinski definition) is 2. The highest BCUT2D eigenvalue weighted by molar-refractivity contribution is 6.32. The van der Waals surface area contributed by atoms with Gasteiger partial charge in [0.1, 0.15) is 5.75 Å². The average molecular weight is 382 g/mol. The summed E-state index contributed by atoms with van der Waals surface area (Å²) < 4.78 is 5.43. The van der Waals surface area contributed by atoms with Gasteiger partial charge in [-0.3, -0.25) is 9.69 Å². The summed E-state index contributed by atoms with van der Waals surface area (Å²) in [6.45, 7) is 6.69. The molecule has 1 amide bonds. The van der Waals surface area contributed by atoms with E-state index in [1.165, 1.54) is 0 Å². The number of nitrogens with two attached hydrogens (primary N) is 1. The molecule has 0 saturated carbocycles. The summed E-state index contributed by atoms with van der Waals surface area (Å²) in [5, 5.41) is 10.1. The van der Waals surface area contributed by atoms with Gasteiger partial charge in [-0.05, 0) is 43.4 Å². The van der Waals surface area contributed by atoms with E-state index in [1.807, 2.05) is 11.0 Å². The van der Waals surface area contributed by atoms with Crippen molar-refractivity contribution in [1.29, 1.82) is 0 Å². The number of aromatic hydroxyl groups is 1. The molecule has 2 aliphatic heterocycles. The molecule has 0 radical (unpaired) electrons. The number of aryl methyl sites for hydroxylation is 1. The zero-order chi connectivity index (χ0) is 18.7. The van der Waals surface area contributed by atoms with E-state index in [2.05, 4.69) is 4.90 Å². The normalized spacial score (nSPS) is 21.0. The van der Waals surface area contributed by atoms with E-state index >= 15 is 0 Å². The van der Waals surface area contributed by atoms with Crippen LogP contribution >= 0.6 is 11.6 Å². The van der Waals surface area contributed by atoms with Gasteiger partial charge in [-0.15, -0.1) is 0 Å². The maximum Gasteiger partial charge on any atom is 0.239 e. The molecule has 0 aromatic heterocycles. The molecule has 1 atom stereocenters. The first-order valence-corrected chi connectivity index (χ1v) is 9.67. The van der Waals surface area contributed by atoms with Gasteiger partial charge in [-0.2, -0.15) is 0 Å². The minimum Gasteiger partial charge on any atom is -0.506 e. The lowest BCUT2D eigenvalue weighted by molar-refractivity contribution is -0.135. The Morgan fingerprint density at radius 3 is 2.58 bits per heavy atom. The van der Waals surface area contributed by atoms with E-state index in [-0.39, 0.29) is 11.7 Å². The minimum absolute atomic E-state index is 0.0153. The van der Waals surface area contributed by atoms with Crippen molar-refractivity contribution in [2.45, 2.75) is 38.3 Å². The highest BCUT2D eigenvalue weighted by atomic mass is 35.5. The molecule has 2 saturated heterocycles. The Morgan fingerprint density at radius 1 is 1.31 bits per heavy atom. The minimum atomic E-state index is -0.593. The number of halogens is 1. The van der Waals surface area contributed by atoms with Crippen molar-refractivity contribution in [2.24, 2.45) is 5.73 Å². The second-order valence-corrected chi connectivity index (χ2v) is 7.67. The lowest BCUT2D eigenvalue weighted by Crippen LogP contribution is -2.56. The number of phenolic OH excluding ortho intramolecular Hbond substituents is 1. The molecule has 0 bridgehead atoms. The van der Waals surface area contributed by atoms with Gasteiger partial charge < -0.3 is 20.5 Å². The number of phenols is 1. The van der Waals surface area contributed by atoms with Crippen LogP contribution in [0.5, 0.6) is 5.75 Å². The fraction of sp³-hybridized carbons (Fsp3) is 0.632. The van der Waals surface area contributed by atoms with E-state index in [0.717, 1.165) is 57.8 Å². The number of nitrogens with zero attached hydrogens (tertiary/aromatic N) is 2. The van der Waals surface area contributed by atoms with E-state index in [4.69, 9.17) is 22.1 Å². The van der Waals surface area contributed by atoms with E-state index in [0.29, 0.717) is 23.0 Å². The smallest absolute Gasteiger partial charge is 0.239 e. The summed E-state index contributed by atoms with van der Waals surface area (Å²) in [7, 11) is 0. The van der Waals surface area contributed by atoms with Crippen molar-refractivity contribution in [2.75, 3.05) is 39.4 Å². The van der Waals surface area contributed by atoms with Crippen LogP contribution in [0.15, 0.2) is 12.1 Å². The van der Waals surface area contributed by atoms with Crippen LogP contribution in [0.25, 0.3) is 0 Å². The summed E-state index contributed by atoms with van der Waals surface area (Å²) >= 11 is 6.02. The van der Waals surface area contributed by atoms with E-state index < -0.39 is 6.04 Å². The van der Waals surface area contributed by atoms with Crippen molar-refractivity contribution in [3.63, 3.8) is 0 Å². The first-order chi connectivity index (χ1) is 12.5. The average Bonchev–Trinajstić information content (AvgIpc) is 2.66. The van der Waals surface area contributed by atoms with Gasteiger partial charge in [0, 0.05) is 45.4 Å². The molecule has 7 heteroatoms. The maximum absolute atomic E-state index is 12.7. The summed E-state index contributed by atoms with van der Waals surface area (Å²) in [5.74, 6) is 0.0676. The predicted octanol–water partition coefficient (Wildman–Crippen LogP) is 1.55. The van der Waals surface area contributed by atoms with Gasteiger partial charge >= 0.3 is 0 Å². The topological polar surface area (TPSA) is 79.0 Å². The Morgan fingerprint density at radius 2 is 1.96 bits per heavy atom. The molecule has 2 aliphatic rings. The number of hydrogen-bond acceptors (Lipinski definition) is 5.